The van der Waals surface area contributed by atoms with Crippen LogP contribution in [0.5, 0.6) is 0 Å². The van der Waals surface area contributed by atoms with Crippen LogP contribution in [0.25, 0.3) is 0 Å². The summed E-state index contributed by atoms with van der Waals surface area (Å²) < 4.78 is 14.2. The molecule has 0 spiro atoms. The summed E-state index contributed by atoms with van der Waals surface area (Å²) >= 11 is 8.11. The molecule has 1 rings (SSSR count). The first-order valence-electron chi connectivity index (χ1n) is 5.27. The largest absolute Gasteiger partial charge is 0.330 e. The van der Waals surface area contributed by atoms with Crippen LogP contribution >= 0.6 is 28.1 Å². The lowest BCUT2D eigenvalue weighted by Gasteiger charge is -2.18. The Balaban J connectivity index is 2.68. The summed E-state index contributed by atoms with van der Waals surface area (Å²) in [6, 6.07) is 4.53. The highest BCUT2D eigenvalue weighted by molar-refractivity contribution is 9.10. The minimum absolute atomic E-state index is 0.0798. The van der Waals surface area contributed by atoms with Crippen molar-refractivity contribution < 1.29 is 9.18 Å². The molecule has 0 aliphatic carbocycles. The zero-order valence-corrected chi connectivity index (χ0v) is 12.7. The Kier molecular flexibility index (Phi) is 4.81. The quantitative estimate of drug-likeness (QED) is 0.774. The van der Waals surface area contributed by atoms with Gasteiger partial charge in [0, 0.05) is 9.89 Å². The molecule has 0 saturated carbocycles. The van der Waals surface area contributed by atoms with Gasteiger partial charge in [-0.25, -0.2) is 4.39 Å². The van der Waals surface area contributed by atoms with Crippen LogP contribution in [0.1, 0.15) is 20.8 Å². The van der Waals surface area contributed by atoms with Crippen LogP contribution in [0.2, 0.25) is 0 Å². The van der Waals surface area contributed by atoms with Gasteiger partial charge < -0.3 is 10.6 Å². The summed E-state index contributed by atoms with van der Waals surface area (Å²) in [6.45, 7) is 5.31. The fraction of sp³-hybridized carbons (Fsp3) is 0.333. The molecule has 0 heterocycles. The standard InChI is InChI=1S/C12H14BrFN2OS/c1-12(2,3)10(17)16-11(18)15-9-5-4-7(13)6-8(9)14/h4-6H,1-3H3,(H2,15,16,17,18). The van der Waals surface area contributed by atoms with E-state index in [1.165, 1.54) is 12.1 Å². The molecule has 18 heavy (non-hydrogen) atoms. The van der Waals surface area contributed by atoms with Crippen molar-refractivity contribution in [2.75, 3.05) is 5.32 Å². The van der Waals surface area contributed by atoms with Crippen molar-refractivity contribution in [3.05, 3.63) is 28.5 Å². The molecule has 2 N–H and O–H groups in total. The molecule has 0 aliphatic heterocycles. The molecule has 0 bridgehead atoms. The Labute approximate surface area is 119 Å². The van der Waals surface area contributed by atoms with E-state index in [0.717, 1.165) is 0 Å². The minimum atomic E-state index is -0.552. The lowest BCUT2D eigenvalue weighted by molar-refractivity contribution is -0.126. The van der Waals surface area contributed by atoms with E-state index < -0.39 is 11.2 Å². The summed E-state index contributed by atoms with van der Waals surface area (Å²) in [7, 11) is 0. The Morgan fingerprint density at radius 1 is 1.39 bits per heavy atom. The lowest BCUT2D eigenvalue weighted by Crippen LogP contribution is -2.41. The van der Waals surface area contributed by atoms with Crippen molar-refractivity contribution in [3.63, 3.8) is 0 Å². The first kappa shape index (κ1) is 15.0. The molecule has 0 fully saturated rings. The van der Waals surface area contributed by atoms with Gasteiger partial charge in [0.1, 0.15) is 5.82 Å². The van der Waals surface area contributed by atoms with E-state index in [0.29, 0.717) is 4.47 Å². The van der Waals surface area contributed by atoms with Gasteiger partial charge in [-0.15, -0.1) is 0 Å². The normalized spacial score (nSPS) is 10.9. The SMILES string of the molecule is CC(C)(C)C(=O)NC(=S)Nc1ccc(Br)cc1F. The summed E-state index contributed by atoms with van der Waals surface area (Å²) in [5, 5.41) is 5.24. The van der Waals surface area contributed by atoms with E-state index in [1.807, 2.05) is 0 Å². The van der Waals surface area contributed by atoms with Crippen LogP contribution < -0.4 is 10.6 Å². The number of rotatable bonds is 1. The highest BCUT2D eigenvalue weighted by Gasteiger charge is 2.22. The predicted octanol–water partition coefficient (Wildman–Crippen LogP) is 3.45. The number of halogens is 2. The molecule has 0 unspecified atom stereocenters. The third-order valence-electron chi connectivity index (χ3n) is 2.09. The first-order valence-corrected chi connectivity index (χ1v) is 6.48. The monoisotopic (exact) mass is 332 g/mol. The average Bonchev–Trinajstić information content (AvgIpc) is 2.20. The molecular weight excluding hydrogens is 319 g/mol. The molecule has 1 aromatic rings. The maximum Gasteiger partial charge on any atom is 0.231 e. The third-order valence-corrected chi connectivity index (χ3v) is 2.78. The number of thiocarbonyl (C=S) groups is 1. The number of hydrogen-bond donors (Lipinski definition) is 2. The summed E-state index contributed by atoms with van der Waals surface area (Å²) in [5.41, 5.74) is -0.332. The van der Waals surface area contributed by atoms with Crippen LogP contribution in [0.4, 0.5) is 10.1 Å². The Morgan fingerprint density at radius 3 is 2.50 bits per heavy atom. The minimum Gasteiger partial charge on any atom is -0.330 e. The van der Waals surface area contributed by atoms with Gasteiger partial charge in [0.25, 0.3) is 0 Å². The van der Waals surface area contributed by atoms with E-state index in [9.17, 15) is 9.18 Å². The van der Waals surface area contributed by atoms with Crippen molar-refractivity contribution in [2.24, 2.45) is 5.41 Å². The number of hydrogen-bond acceptors (Lipinski definition) is 2. The Morgan fingerprint density at radius 2 is 2.00 bits per heavy atom. The molecule has 3 nitrogen and oxygen atoms in total. The van der Waals surface area contributed by atoms with Gasteiger partial charge in [0.15, 0.2) is 5.11 Å². The van der Waals surface area contributed by atoms with Gasteiger partial charge in [0.2, 0.25) is 5.91 Å². The van der Waals surface area contributed by atoms with E-state index >= 15 is 0 Å². The fourth-order valence-electron chi connectivity index (χ4n) is 1.04. The number of anilines is 1. The fourth-order valence-corrected chi connectivity index (χ4v) is 1.57. The predicted molar refractivity (Wildman–Crippen MR) is 77.9 cm³/mol. The molecule has 6 heteroatoms. The molecule has 0 aliphatic rings. The molecule has 98 valence electrons. The number of nitrogens with one attached hydrogen (secondary N) is 2. The molecule has 1 aromatic carbocycles. The van der Waals surface area contributed by atoms with Crippen LogP contribution in [0.15, 0.2) is 22.7 Å². The van der Waals surface area contributed by atoms with Crippen LogP contribution in [0, 0.1) is 11.2 Å². The molecule has 0 saturated heterocycles. The van der Waals surface area contributed by atoms with E-state index in [1.54, 1.807) is 26.8 Å². The van der Waals surface area contributed by atoms with E-state index in [-0.39, 0.29) is 16.7 Å². The van der Waals surface area contributed by atoms with E-state index in [2.05, 4.69) is 26.6 Å². The van der Waals surface area contributed by atoms with Gasteiger partial charge in [-0.2, -0.15) is 0 Å². The van der Waals surface area contributed by atoms with Crippen molar-refractivity contribution in [3.8, 4) is 0 Å². The topological polar surface area (TPSA) is 41.1 Å². The number of amides is 1. The highest BCUT2D eigenvalue weighted by Crippen LogP contribution is 2.19. The van der Waals surface area contributed by atoms with Gasteiger partial charge in [-0.3, -0.25) is 4.79 Å². The third kappa shape index (κ3) is 4.34. The highest BCUT2D eigenvalue weighted by atomic mass is 79.9. The van der Waals surface area contributed by atoms with E-state index in [4.69, 9.17) is 12.2 Å². The second kappa shape index (κ2) is 5.75. The molecular formula is C12H14BrFN2OS. The number of benzene rings is 1. The zero-order valence-electron chi connectivity index (χ0n) is 10.3. The molecule has 0 atom stereocenters. The van der Waals surface area contributed by atoms with Gasteiger partial charge in [0.05, 0.1) is 5.69 Å². The first-order chi connectivity index (χ1) is 8.20. The molecule has 1 amide bonds. The van der Waals surface area contributed by atoms with Gasteiger partial charge in [-0.05, 0) is 30.4 Å². The Bertz CT molecular complexity index is 485. The number of carbonyl (C=O) groups excluding carboxylic acids is 1. The van der Waals surface area contributed by atoms with Crippen LogP contribution in [0.3, 0.4) is 0 Å². The van der Waals surface area contributed by atoms with Crippen LogP contribution in [-0.2, 0) is 4.79 Å². The summed E-state index contributed by atoms with van der Waals surface area (Å²) in [4.78, 5) is 11.7. The smallest absolute Gasteiger partial charge is 0.231 e. The lowest BCUT2D eigenvalue weighted by atomic mass is 9.96. The van der Waals surface area contributed by atoms with Gasteiger partial charge in [-0.1, -0.05) is 36.7 Å². The van der Waals surface area contributed by atoms with Crippen molar-refractivity contribution >= 4 is 44.9 Å². The second-order valence-electron chi connectivity index (χ2n) is 4.78. The van der Waals surface area contributed by atoms with Gasteiger partial charge >= 0.3 is 0 Å². The summed E-state index contributed by atoms with van der Waals surface area (Å²) in [6.07, 6.45) is 0. The number of carbonyl (C=O) groups is 1. The Hall–Kier alpha value is -1.01. The average molecular weight is 333 g/mol. The van der Waals surface area contributed by atoms with Crippen molar-refractivity contribution in [2.45, 2.75) is 20.8 Å². The van der Waals surface area contributed by atoms with Crippen LogP contribution in [-0.4, -0.2) is 11.0 Å². The maximum absolute atomic E-state index is 13.5. The van der Waals surface area contributed by atoms with Crippen molar-refractivity contribution in [1.82, 2.24) is 5.32 Å². The zero-order chi connectivity index (χ0) is 13.9. The van der Waals surface area contributed by atoms with Crippen molar-refractivity contribution in [1.29, 1.82) is 0 Å². The second-order valence-corrected chi connectivity index (χ2v) is 6.11. The summed E-state index contributed by atoms with van der Waals surface area (Å²) in [5.74, 6) is -0.672. The molecule has 0 radical (unpaired) electrons. The maximum atomic E-state index is 13.5. The molecule has 0 aromatic heterocycles.